The van der Waals surface area contributed by atoms with Crippen LogP contribution in [0.15, 0.2) is 48.7 Å². The largest absolute Gasteiger partial charge is 0.495 e. The molecule has 1 saturated heterocycles. The van der Waals surface area contributed by atoms with E-state index in [1.165, 1.54) is 0 Å². The van der Waals surface area contributed by atoms with E-state index in [9.17, 15) is 9.90 Å². The number of aromatic nitrogens is 1. The second kappa shape index (κ2) is 11.0. The van der Waals surface area contributed by atoms with E-state index < -0.39 is 5.41 Å². The van der Waals surface area contributed by atoms with Gasteiger partial charge in [0.25, 0.3) is 0 Å². The molecule has 2 aliphatic rings. The number of carbonyl (C=O) groups excluding carboxylic acids is 1. The Bertz CT molecular complexity index is 893. The molecular weight excluding hydrogens is 416 g/mol. The molecule has 1 aromatic carbocycles. The van der Waals surface area contributed by atoms with Crippen molar-refractivity contribution in [2.45, 2.75) is 32.1 Å². The zero-order valence-electron chi connectivity index (χ0n) is 19.7. The van der Waals surface area contributed by atoms with Crippen molar-refractivity contribution in [3.8, 4) is 5.75 Å². The lowest BCUT2D eigenvalue weighted by Crippen LogP contribution is -2.52. The van der Waals surface area contributed by atoms with Gasteiger partial charge in [-0.2, -0.15) is 0 Å². The SMILES string of the molecule is COc1ccccc1N1CCN(CCN(C(=O)C2(CO)CCCCC2)c2ccccn2)CC1. The molecular formula is C26H36N4O3. The van der Waals surface area contributed by atoms with E-state index in [0.717, 1.165) is 76.3 Å². The van der Waals surface area contributed by atoms with Crippen molar-refractivity contribution in [3.63, 3.8) is 0 Å². The van der Waals surface area contributed by atoms with Gasteiger partial charge in [-0.1, -0.05) is 37.5 Å². The Balaban J connectivity index is 1.41. The lowest BCUT2D eigenvalue weighted by molar-refractivity contribution is -0.133. The molecule has 2 heterocycles. The monoisotopic (exact) mass is 452 g/mol. The summed E-state index contributed by atoms with van der Waals surface area (Å²) in [5.41, 5.74) is 0.463. The average Bonchev–Trinajstić information content (AvgIpc) is 2.90. The molecule has 0 spiro atoms. The molecule has 1 amide bonds. The van der Waals surface area contributed by atoms with Crippen molar-refractivity contribution >= 4 is 17.4 Å². The van der Waals surface area contributed by atoms with Gasteiger partial charge in [0.1, 0.15) is 11.6 Å². The van der Waals surface area contributed by atoms with Crippen LogP contribution in [0.25, 0.3) is 0 Å². The maximum Gasteiger partial charge on any atom is 0.236 e. The highest BCUT2D eigenvalue weighted by Gasteiger charge is 2.42. The summed E-state index contributed by atoms with van der Waals surface area (Å²) in [7, 11) is 1.71. The zero-order chi connectivity index (χ0) is 23.1. The molecule has 2 aromatic rings. The molecule has 1 N–H and O–H groups in total. The van der Waals surface area contributed by atoms with Gasteiger partial charge in [-0.25, -0.2) is 4.98 Å². The quantitative estimate of drug-likeness (QED) is 0.664. The fourth-order valence-electron chi connectivity index (χ4n) is 5.13. The summed E-state index contributed by atoms with van der Waals surface area (Å²) in [4.78, 5) is 24.8. The van der Waals surface area contributed by atoms with Crippen molar-refractivity contribution in [2.75, 3.05) is 62.8 Å². The third-order valence-electron chi connectivity index (χ3n) is 7.18. The standard InChI is InChI=1S/C26H36N4O3/c1-33-23-10-4-3-9-22(23)29-18-15-28(16-19-29)17-20-30(24-11-5-8-14-27-24)25(32)26(21-31)12-6-2-7-13-26/h3-5,8-11,14,31H,2,6-7,12-13,15-21H2,1H3. The van der Waals surface area contributed by atoms with Crippen LogP contribution in [0.3, 0.4) is 0 Å². The number of anilines is 2. The molecule has 178 valence electrons. The Morgan fingerprint density at radius 3 is 2.45 bits per heavy atom. The number of aliphatic hydroxyl groups excluding tert-OH is 1. The summed E-state index contributed by atoms with van der Waals surface area (Å²) < 4.78 is 5.53. The summed E-state index contributed by atoms with van der Waals surface area (Å²) in [6.07, 6.45) is 6.36. The van der Waals surface area contributed by atoms with Crippen LogP contribution < -0.4 is 14.5 Å². The first kappa shape index (κ1) is 23.5. The minimum atomic E-state index is -0.668. The molecule has 7 nitrogen and oxygen atoms in total. The maximum absolute atomic E-state index is 13.7. The lowest BCUT2D eigenvalue weighted by atomic mass is 9.73. The number of para-hydroxylation sites is 2. The fourth-order valence-corrected chi connectivity index (χ4v) is 5.13. The van der Waals surface area contributed by atoms with Gasteiger partial charge in [0.05, 0.1) is 24.8 Å². The number of hydrogen-bond acceptors (Lipinski definition) is 6. The number of methoxy groups -OCH3 is 1. The molecule has 1 aliphatic carbocycles. The topological polar surface area (TPSA) is 69.1 Å². The Morgan fingerprint density at radius 1 is 1.06 bits per heavy atom. The Hall–Kier alpha value is -2.64. The van der Waals surface area contributed by atoms with Crippen molar-refractivity contribution in [3.05, 3.63) is 48.7 Å². The highest BCUT2D eigenvalue weighted by Crippen LogP contribution is 2.38. The second-order valence-corrected chi connectivity index (χ2v) is 9.14. The van der Waals surface area contributed by atoms with Gasteiger partial charge in [-0.15, -0.1) is 0 Å². The highest BCUT2D eigenvalue weighted by atomic mass is 16.5. The van der Waals surface area contributed by atoms with Crippen molar-refractivity contribution in [1.29, 1.82) is 0 Å². The van der Waals surface area contributed by atoms with E-state index in [1.54, 1.807) is 13.3 Å². The van der Waals surface area contributed by atoms with E-state index in [1.807, 2.05) is 41.3 Å². The van der Waals surface area contributed by atoms with Crippen LogP contribution in [0.1, 0.15) is 32.1 Å². The van der Waals surface area contributed by atoms with Gasteiger partial charge < -0.3 is 14.7 Å². The number of rotatable bonds is 8. The molecule has 0 radical (unpaired) electrons. The predicted molar refractivity (Wildman–Crippen MR) is 131 cm³/mol. The van der Waals surface area contributed by atoms with Crippen LogP contribution in [-0.4, -0.2) is 73.9 Å². The summed E-state index contributed by atoms with van der Waals surface area (Å²) in [5.74, 6) is 1.60. The maximum atomic E-state index is 13.7. The molecule has 1 aromatic heterocycles. The third-order valence-corrected chi connectivity index (χ3v) is 7.18. The number of aliphatic hydroxyl groups is 1. The summed E-state index contributed by atoms with van der Waals surface area (Å²) in [6, 6.07) is 13.8. The van der Waals surface area contributed by atoms with Crippen molar-refractivity contribution in [2.24, 2.45) is 5.41 Å². The number of carbonyl (C=O) groups is 1. The van der Waals surface area contributed by atoms with E-state index in [-0.39, 0.29) is 12.5 Å². The Labute approximate surface area is 197 Å². The second-order valence-electron chi connectivity index (χ2n) is 9.14. The minimum Gasteiger partial charge on any atom is -0.495 e. The third kappa shape index (κ3) is 5.31. The van der Waals surface area contributed by atoms with Crippen LogP contribution >= 0.6 is 0 Å². The first-order valence-corrected chi connectivity index (χ1v) is 12.1. The molecule has 7 heteroatoms. The average molecular weight is 453 g/mol. The fraction of sp³-hybridized carbons (Fsp3) is 0.538. The molecule has 0 unspecified atom stereocenters. The summed E-state index contributed by atoms with van der Waals surface area (Å²) in [5, 5.41) is 10.2. The van der Waals surface area contributed by atoms with Crippen LogP contribution in [0.5, 0.6) is 5.75 Å². The van der Waals surface area contributed by atoms with Crippen LogP contribution in [0, 0.1) is 5.41 Å². The van der Waals surface area contributed by atoms with Crippen LogP contribution in [0.4, 0.5) is 11.5 Å². The van der Waals surface area contributed by atoms with E-state index >= 15 is 0 Å². The first-order valence-electron chi connectivity index (χ1n) is 12.1. The lowest BCUT2D eigenvalue weighted by Gasteiger charge is -2.40. The Kier molecular flexibility index (Phi) is 7.83. The Morgan fingerprint density at radius 2 is 1.79 bits per heavy atom. The van der Waals surface area contributed by atoms with Crippen LogP contribution in [0.2, 0.25) is 0 Å². The first-order chi connectivity index (χ1) is 16.2. The molecule has 0 atom stereocenters. The van der Waals surface area contributed by atoms with Gasteiger partial charge in [0.2, 0.25) is 5.91 Å². The summed E-state index contributed by atoms with van der Waals surface area (Å²) >= 11 is 0. The van der Waals surface area contributed by atoms with Crippen molar-refractivity contribution in [1.82, 2.24) is 9.88 Å². The number of benzene rings is 1. The number of nitrogens with zero attached hydrogens (tertiary/aromatic N) is 4. The highest BCUT2D eigenvalue weighted by molar-refractivity contribution is 5.97. The molecule has 33 heavy (non-hydrogen) atoms. The predicted octanol–water partition coefficient (Wildman–Crippen LogP) is 3.19. The molecule has 1 saturated carbocycles. The number of amides is 1. The van der Waals surface area contributed by atoms with Gasteiger partial charge >= 0.3 is 0 Å². The van der Waals surface area contributed by atoms with E-state index in [2.05, 4.69) is 20.9 Å². The van der Waals surface area contributed by atoms with Crippen LogP contribution in [-0.2, 0) is 4.79 Å². The zero-order valence-corrected chi connectivity index (χ0v) is 19.7. The molecule has 2 fully saturated rings. The van der Waals surface area contributed by atoms with Gasteiger partial charge in [0, 0.05) is 45.5 Å². The van der Waals surface area contributed by atoms with E-state index in [4.69, 9.17) is 4.74 Å². The number of piperazine rings is 1. The van der Waals surface area contributed by atoms with Gasteiger partial charge in [-0.3, -0.25) is 14.6 Å². The number of hydrogen-bond donors (Lipinski definition) is 1. The van der Waals surface area contributed by atoms with Gasteiger partial charge in [0.15, 0.2) is 0 Å². The minimum absolute atomic E-state index is 0.0241. The molecule has 1 aliphatic heterocycles. The van der Waals surface area contributed by atoms with E-state index in [0.29, 0.717) is 12.4 Å². The van der Waals surface area contributed by atoms with Gasteiger partial charge in [-0.05, 0) is 37.1 Å². The summed E-state index contributed by atoms with van der Waals surface area (Å²) in [6.45, 7) is 4.94. The number of ether oxygens (including phenoxy) is 1. The normalized spacial score (nSPS) is 18.7. The smallest absolute Gasteiger partial charge is 0.236 e. The van der Waals surface area contributed by atoms with Crippen molar-refractivity contribution < 1.29 is 14.6 Å². The number of pyridine rings is 1. The molecule has 0 bridgehead atoms. The molecule has 4 rings (SSSR count).